The van der Waals surface area contributed by atoms with E-state index in [1.807, 2.05) is 36.0 Å². The van der Waals surface area contributed by atoms with E-state index in [9.17, 15) is 0 Å². The third kappa shape index (κ3) is 4.94. The van der Waals surface area contributed by atoms with Gasteiger partial charge in [-0.3, -0.25) is 0 Å². The van der Waals surface area contributed by atoms with Crippen molar-refractivity contribution in [2.45, 2.75) is 15.2 Å². The lowest BCUT2D eigenvalue weighted by Gasteiger charge is -2.40. The fraction of sp³-hybridized carbons (Fsp3) is 0.0175. The van der Waals surface area contributed by atoms with E-state index in [-0.39, 0.29) is 0 Å². The Morgan fingerprint density at radius 3 is 1.82 bits per heavy atom. The van der Waals surface area contributed by atoms with Crippen LogP contribution in [0.25, 0.3) is 83.3 Å². The molecule has 1 aliphatic carbocycles. The molecule has 4 heteroatoms. The maximum Gasteiger partial charge on any atom is 0.160 e. The Kier molecular flexibility index (Phi) is 7.45. The first-order valence-electron chi connectivity index (χ1n) is 20.8. The number of benzene rings is 9. The Hall–Kier alpha value is -7.53. The van der Waals surface area contributed by atoms with Gasteiger partial charge in [0.15, 0.2) is 5.82 Å². The number of rotatable bonds is 4. The highest BCUT2D eigenvalue weighted by molar-refractivity contribution is 7.99. The van der Waals surface area contributed by atoms with Crippen LogP contribution in [-0.4, -0.2) is 14.5 Å². The third-order valence-corrected chi connectivity index (χ3v) is 14.1. The van der Waals surface area contributed by atoms with Gasteiger partial charge in [0.05, 0.1) is 27.8 Å². The topological polar surface area (TPSA) is 30.7 Å². The predicted molar refractivity (Wildman–Crippen MR) is 252 cm³/mol. The average molecular weight is 794 g/mol. The number of hydrogen-bond acceptors (Lipinski definition) is 3. The van der Waals surface area contributed by atoms with E-state index < -0.39 is 5.41 Å². The van der Waals surface area contributed by atoms with E-state index in [1.165, 1.54) is 75.7 Å². The second-order valence-corrected chi connectivity index (χ2v) is 17.1. The minimum Gasteiger partial charge on any atom is -0.309 e. The van der Waals surface area contributed by atoms with Crippen molar-refractivity contribution < 1.29 is 0 Å². The van der Waals surface area contributed by atoms with Crippen LogP contribution >= 0.6 is 11.8 Å². The molecular formula is C57H35N3S. The molecule has 11 aromatic rings. The molecule has 0 unspecified atom stereocenters. The number of hydrogen-bond donors (Lipinski definition) is 0. The monoisotopic (exact) mass is 793 g/mol. The zero-order valence-electron chi connectivity index (χ0n) is 33.0. The number of nitrogens with zero attached hydrogens (tertiary/aromatic N) is 3. The molecule has 3 nitrogen and oxygen atoms in total. The van der Waals surface area contributed by atoms with E-state index >= 15 is 0 Å². The van der Waals surface area contributed by atoms with Crippen LogP contribution in [-0.2, 0) is 5.41 Å². The summed E-state index contributed by atoms with van der Waals surface area (Å²) in [4.78, 5) is 12.9. The van der Waals surface area contributed by atoms with E-state index in [0.717, 1.165) is 33.8 Å². The fourth-order valence-electron chi connectivity index (χ4n) is 10.3. The van der Waals surface area contributed by atoms with Crippen LogP contribution in [0, 0.1) is 0 Å². The molecule has 3 heterocycles. The molecule has 0 atom stereocenters. The highest BCUT2D eigenvalue weighted by atomic mass is 32.2. The molecule has 0 N–H and O–H groups in total. The molecule has 0 saturated carbocycles. The molecule has 0 radical (unpaired) electrons. The SMILES string of the molecule is c1ccc(-c2cc(-c3cccc(-n4c5ccc6c(c5c5ccc7ccccc7c54)Sc4ccccc4C64c5ccccc5-c5ccccc54)c3)nc(-c3ccccc3)n2)cc1. The first-order chi connectivity index (χ1) is 30.3. The van der Waals surface area contributed by atoms with Gasteiger partial charge < -0.3 is 4.57 Å². The highest BCUT2D eigenvalue weighted by Gasteiger charge is 2.50. The maximum atomic E-state index is 5.23. The largest absolute Gasteiger partial charge is 0.309 e. The smallest absolute Gasteiger partial charge is 0.160 e. The summed E-state index contributed by atoms with van der Waals surface area (Å²) in [7, 11) is 0. The van der Waals surface area contributed by atoms with Crippen molar-refractivity contribution in [3.63, 3.8) is 0 Å². The van der Waals surface area contributed by atoms with Gasteiger partial charge in [0.1, 0.15) is 0 Å². The van der Waals surface area contributed by atoms with Gasteiger partial charge >= 0.3 is 0 Å². The molecule has 284 valence electrons. The molecule has 0 fully saturated rings. The molecule has 2 aromatic heterocycles. The lowest BCUT2D eigenvalue weighted by molar-refractivity contribution is 0.726. The van der Waals surface area contributed by atoms with Crippen LogP contribution in [0.3, 0.4) is 0 Å². The number of fused-ring (bicyclic) bond motifs is 15. The number of aromatic nitrogens is 3. The molecule has 61 heavy (non-hydrogen) atoms. The minimum absolute atomic E-state index is 0.455. The van der Waals surface area contributed by atoms with Gasteiger partial charge in [-0.25, -0.2) is 9.97 Å². The molecule has 0 saturated heterocycles. The zero-order chi connectivity index (χ0) is 40.1. The molecule has 9 aromatic carbocycles. The second kappa shape index (κ2) is 13.2. The molecule has 2 aliphatic rings. The van der Waals surface area contributed by atoms with Crippen molar-refractivity contribution in [3.05, 3.63) is 235 Å². The maximum absolute atomic E-state index is 5.23. The van der Waals surface area contributed by atoms with Crippen molar-refractivity contribution >= 4 is 44.3 Å². The molecular weight excluding hydrogens is 759 g/mol. The van der Waals surface area contributed by atoms with Gasteiger partial charge in [0.2, 0.25) is 0 Å². The third-order valence-electron chi connectivity index (χ3n) is 12.9. The van der Waals surface area contributed by atoms with Crippen LogP contribution in [0.4, 0.5) is 0 Å². The molecule has 13 rings (SSSR count). The van der Waals surface area contributed by atoms with Crippen LogP contribution in [0.5, 0.6) is 0 Å². The lowest BCUT2D eigenvalue weighted by Crippen LogP contribution is -2.32. The van der Waals surface area contributed by atoms with E-state index in [2.05, 4.69) is 193 Å². The summed E-state index contributed by atoms with van der Waals surface area (Å²) in [5.74, 6) is 0.707. The van der Waals surface area contributed by atoms with Gasteiger partial charge in [0.25, 0.3) is 0 Å². The Morgan fingerprint density at radius 2 is 1.05 bits per heavy atom. The van der Waals surface area contributed by atoms with Crippen LogP contribution in [0.15, 0.2) is 222 Å². The Morgan fingerprint density at radius 1 is 0.426 bits per heavy atom. The van der Waals surface area contributed by atoms with Crippen LogP contribution in [0.1, 0.15) is 22.3 Å². The standard InChI is InChI=1S/C57H35N3S/c1-3-17-37(18-4-1)49-35-50(59-56(58-49)38-19-5-2-6-20-38)39-21-15-22-40(34-39)60-51-33-32-48-55(53(51)44-31-30-36-16-7-8-23-41(36)54(44)60)61-52-29-14-13-28-47(52)57(48)45-26-11-9-24-42(45)43-25-10-12-27-46(43)57/h1-35H. The van der Waals surface area contributed by atoms with Crippen molar-refractivity contribution in [3.8, 4) is 50.7 Å². The first kappa shape index (κ1) is 34.3. The van der Waals surface area contributed by atoms with Crippen molar-refractivity contribution in [2.75, 3.05) is 0 Å². The van der Waals surface area contributed by atoms with Gasteiger partial charge in [0, 0.05) is 48.3 Å². The normalized spacial score (nSPS) is 13.3. The Balaban J connectivity index is 1.10. The quantitative estimate of drug-likeness (QED) is 0.178. The molecule has 1 spiro atoms. The zero-order valence-corrected chi connectivity index (χ0v) is 33.8. The van der Waals surface area contributed by atoms with E-state index in [0.29, 0.717) is 5.82 Å². The van der Waals surface area contributed by atoms with Gasteiger partial charge in [-0.2, -0.15) is 0 Å². The molecule has 1 aliphatic heterocycles. The van der Waals surface area contributed by atoms with Crippen LogP contribution in [0.2, 0.25) is 0 Å². The van der Waals surface area contributed by atoms with E-state index in [4.69, 9.17) is 9.97 Å². The van der Waals surface area contributed by atoms with Gasteiger partial charge in [-0.05, 0) is 69.1 Å². The van der Waals surface area contributed by atoms with Crippen LogP contribution < -0.4 is 0 Å². The first-order valence-corrected chi connectivity index (χ1v) is 21.6. The Labute approximate surface area is 357 Å². The molecule has 0 amide bonds. The lowest BCUT2D eigenvalue weighted by atomic mass is 9.67. The summed E-state index contributed by atoms with van der Waals surface area (Å²) >= 11 is 1.92. The summed E-state index contributed by atoms with van der Waals surface area (Å²) in [5.41, 5.74) is 15.9. The molecule has 0 bridgehead atoms. The Bertz CT molecular complexity index is 3470. The summed E-state index contributed by atoms with van der Waals surface area (Å²) in [6, 6.07) is 77.2. The van der Waals surface area contributed by atoms with E-state index in [1.54, 1.807) is 0 Å². The summed E-state index contributed by atoms with van der Waals surface area (Å²) < 4.78 is 2.50. The van der Waals surface area contributed by atoms with Gasteiger partial charge in [-0.15, -0.1) is 0 Å². The highest BCUT2D eigenvalue weighted by Crippen LogP contribution is 2.63. The van der Waals surface area contributed by atoms with Crippen molar-refractivity contribution in [1.29, 1.82) is 0 Å². The summed E-state index contributed by atoms with van der Waals surface area (Å²) in [6.45, 7) is 0. The fourth-order valence-corrected chi connectivity index (χ4v) is 11.7. The van der Waals surface area contributed by atoms with Crippen molar-refractivity contribution in [2.24, 2.45) is 0 Å². The minimum atomic E-state index is -0.455. The summed E-state index contributed by atoms with van der Waals surface area (Å²) in [5, 5.41) is 4.97. The average Bonchev–Trinajstić information content (AvgIpc) is 3.84. The second-order valence-electron chi connectivity index (χ2n) is 16.0. The van der Waals surface area contributed by atoms with Gasteiger partial charge in [-0.1, -0.05) is 194 Å². The predicted octanol–water partition coefficient (Wildman–Crippen LogP) is 14.6. The summed E-state index contributed by atoms with van der Waals surface area (Å²) in [6.07, 6.45) is 0. The van der Waals surface area contributed by atoms with Crippen molar-refractivity contribution in [1.82, 2.24) is 14.5 Å².